The lowest BCUT2D eigenvalue weighted by Gasteiger charge is -2.05. The Morgan fingerprint density at radius 3 is 2.94 bits per heavy atom. The van der Waals surface area contributed by atoms with Crippen LogP contribution in [0.3, 0.4) is 0 Å². The average Bonchev–Trinajstić information content (AvgIpc) is 2.46. The first kappa shape index (κ1) is 14.1. The molecular weight excluding hydrogens is 258 g/mol. The normalized spacial score (nSPS) is 14.3. The van der Waals surface area contributed by atoms with Crippen molar-refractivity contribution in [2.24, 2.45) is 0 Å². The molecule has 96 valence electrons. The summed E-state index contributed by atoms with van der Waals surface area (Å²) in [6.45, 7) is 0.770. The highest BCUT2D eigenvalue weighted by Gasteiger charge is 2.13. The van der Waals surface area contributed by atoms with E-state index in [0.29, 0.717) is 17.9 Å². The number of aromatic nitrogens is 1. The molecule has 0 fully saturated rings. The van der Waals surface area contributed by atoms with Gasteiger partial charge in [0.05, 0.1) is 6.54 Å². The van der Waals surface area contributed by atoms with E-state index in [-0.39, 0.29) is 24.9 Å². The van der Waals surface area contributed by atoms with Crippen LogP contribution in [-0.4, -0.2) is 28.5 Å². The molecular formula is C11H12ClN3O3. The number of carboxylic acid groups (broad SMARTS) is 1. The van der Waals surface area contributed by atoms with Crippen LogP contribution in [0.2, 0.25) is 0 Å². The molecule has 0 aromatic carbocycles. The summed E-state index contributed by atoms with van der Waals surface area (Å²) in [4.78, 5) is 25.7. The molecule has 0 bridgehead atoms. The van der Waals surface area contributed by atoms with Gasteiger partial charge in [0.15, 0.2) is 0 Å². The first-order valence-corrected chi connectivity index (χ1v) is 5.05. The van der Waals surface area contributed by atoms with Crippen LogP contribution in [0.4, 0.5) is 5.82 Å². The molecule has 1 aromatic heterocycles. The van der Waals surface area contributed by atoms with Gasteiger partial charge >= 0.3 is 5.97 Å². The maximum absolute atomic E-state index is 11.2. The van der Waals surface area contributed by atoms with Crippen LogP contribution >= 0.6 is 12.4 Å². The molecule has 0 radical (unpaired) electrons. The van der Waals surface area contributed by atoms with Crippen LogP contribution in [0.5, 0.6) is 0 Å². The van der Waals surface area contributed by atoms with Crippen molar-refractivity contribution in [3.05, 3.63) is 29.5 Å². The fourth-order valence-electron chi connectivity index (χ4n) is 1.52. The molecule has 7 heteroatoms. The van der Waals surface area contributed by atoms with Gasteiger partial charge in [-0.2, -0.15) is 0 Å². The van der Waals surface area contributed by atoms with Crippen molar-refractivity contribution in [1.82, 2.24) is 10.3 Å². The number of amides is 1. The molecule has 0 spiro atoms. The van der Waals surface area contributed by atoms with Crippen molar-refractivity contribution < 1.29 is 14.7 Å². The molecule has 3 N–H and O–H groups in total. The van der Waals surface area contributed by atoms with Gasteiger partial charge in [0.25, 0.3) is 0 Å². The highest BCUT2D eigenvalue weighted by atomic mass is 35.5. The van der Waals surface area contributed by atoms with Crippen LogP contribution in [-0.2, 0) is 16.1 Å². The molecule has 0 atom stereocenters. The Kier molecular flexibility index (Phi) is 4.82. The lowest BCUT2D eigenvalue weighted by Crippen LogP contribution is -2.23. The van der Waals surface area contributed by atoms with Gasteiger partial charge in [0.2, 0.25) is 5.91 Å². The van der Waals surface area contributed by atoms with E-state index in [9.17, 15) is 9.59 Å². The fraction of sp³-hybridized carbons (Fsp3) is 0.182. The summed E-state index contributed by atoms with van der Waals surface area (Å²) >= 11 is 0. The van der Waals surface area contributed by atoms with Crippen molar-refractivity contribution in [3.8, 4) is 0 Å². The van der Waals surface area contributed by atoms with E-state index in [1.54, 1.807) is 6.07 Å². The summed E-state index contributed by atoms with van der Waals surface area (Å²) in [7, 11) is 0. The minimum absolute atomic E-state index is 0. The van der Waals surface area contributed by atoms with Crippen molar-refractivity contribution in [3.63, 3.8) is 0 Å². The number of carbonyl (C=O) groups is 2. The van der Waals surface area contributed by atoms with E-state index < -0.39 is 5.97 Å². The third kappa shape index (κ3) is 3.54. The molecule has 0 unspecified atom stereocenters. The van der Waals surface area contributed by atoms with Gasteiger partial charge < -0.3 is 15.7 Å². The van der Waals surface area contributed by atoms with Gasteiger partial charge in [0, 0.05) is 24.4 Å². The quantitative estimate of drug-likeness (QED) is 0.686. The highest BCUT2D eigenvalue weighted by Crippen LogP contribution is 2.16. The molecule has 1 aliphatic heterocycles. The molecule has 1 aromatic rings. The molecule has 6 nitrogen and oxygen atoms in total. The smallest absolute Gasteiger partial charge is 0.328 e. The number of pyridine rings is 1. The van der Waals surface area contributed by atoms with Crippen molar-refractivity contribution in [1.29, 1.82) is 0 Å². The lowest BCUT2D eigenvalue weighted by atomic mass is 10.1. The minimum Gasteiger partial charge on any atom is -0.478 e. The average molecular weight is 270 g/mol. The fourth-order valence-corrected chi connectivity index (χ4v) is 1.52. The Morgan fingerprint density at radius 1 is 1.44 bits per heavy atom. The number of anilines is 1. The topological polar surface area (TPSA) is 91.3 Å². The van der Waals surface area contributed by atoms with Gasteiger partial charge in [-0.25, -0.2) is 9.78 Å². The van der Waals surface area contributed by atoms with Crippen molar-refractivity contribution in [2.45, 2.75) is 6.54 Å². The van der Waals surface area contributed by atoms with E-state index in [2.05, 4.69) is 15.6 Å². The number of nitrogens with zero attached hydrogens (tertiary/aromatic N) is 1. The Bertz CT molecular complexity index is 502. The molecule has 0 saturated carbocycles. The summed E-state index contributed by atoms with van der Waals surface area (Å²) in [6, 6.07) is 1.79. The maximum atomic E-state index is 11.2. The number of fused-ring (bicyclic) bond motifs is 1. The second-order valence-electron chi connectivity index (χ2n) is 3.60. The SMILES string of the molecule is Cl.O=C(O)C=Cc1cnc2c(c1)CNCC(=O)N2. The predicted octanol–water partition coefficient (Wildman–Crippen LogP) is 0.643. The van der Waals surface area contributed by atoms with Crippen molar-refractivity contribution in [2.75, 3.05) is 11.9 Å². The lowest BCUT2D eigenvalue weighted by molar-refractivity contribution is -0.131. The highest BCUT2D eigenvalue weighted by molar-refractivity contribution is 5.93. The van der Waals surface area contributed by atoms with Crippen LogP contribution in [0.25, 0.3) is 6.08 Å². The van der Waals surface area contributed by atoms with Gasteiger partial charge in [-0.05, 0) is 17.7 Å². The molecule has 2 heterocycles. The Labute approximate surface area is 110 Å². The van der Waals surface area contributed by atoms with Gasteiger partial charge in [-0.3, -0.25) is 4.79 Å². The largest absolute Gasteiger partial charge is 0.478 e. The number of hydrogen-bond acceptors (Lipinski definition) is 4. The number of nitrogens with one attached hydrogen (secondary N) is 2. The molecule has 1 aliphatic rings. The summed E-state index contributed by atoms with van der Waals surface area (Å²) in [6.07, 6.45) is 4.03. The summed E-state index contributed by atoms with van der Waals surface area (Å²) in [5, 5.41) is 14.1. The standard InChI is InChI=1S/C11H11N3O3.ClH/c15-9-6-12-5-8-3-7(1-2-10(16)17)4-13-11(8)14-9;/h1-4,12H,5-6H2,(H,16,17)(H,13,14,15);1H. The van der Waals surface area contributed by atoms with E-state index in [4.69, 9.17) is 5.11 Å². The van der Waals surface area contributed by atoms with E-state index in [1.165, 1.54) is 12.3 Å². The summed E-state index contributed by atoms with van der Waals surface area (Å²) in [5.74, 6) is -0.621. The first-order valence-electron chi connectivity index (χ1n) is 5.05. The first-order chi connectivity index (χ1) is 8.15. The van der Waals surface area contributed by atoms with E-state index in [1.807, 2.05) is 0 Å². The number of halogens is 1. The number of carboxylic acids is 1. The molecule has 1 amide bonds. The summed E-state index contributed by atoms with van der Waals surface area (Å²) < 4.78 is 0. The van der Waals surface area contributed by atoms with E-state index >= 15 is 0 Å². The van der Waals surface area contributed by atoms with Gasteiger partial charge in [-0.15, -0.1) is 12.4 Å². The second-order valence-corrected chi connectivity index (χ2v) is 3.60. The Hall–Kier alpha value is -1.92. The van der Waals surface area contributed by atoms with Crippen LogP contribution in [0.15, 0.2) is 18.3 Å². The van der Waals surface area contributed by atoms with Crippen LogP contribution in [0, 0.1) is 0 Å². The van der Waals surface area contributed by atoms with Crippen molar-refractivity contribution >= 4 is 36.2 Å². The second kappa shape index (κ2) is 6.13. The zero-order valence-electron chi connectivity index (χ0n) is 9.34. The minimum atomic E-state index is -1.01. The van der Waals surface area contributed by atoms with Gasteiger partial charge in [-0.1, -0.05) is 0 Å². The third-order valence-corrected chi connectivity index (χ3v) is 2.26. The predicted molar refractivity (Wildman–Crippen MR) is 68.5 cm³/mol. The van der Waals surface area contributed by atoms with E-state index in [0.717, 1.165) is 11.6 Å². The maximum Gasteiger partial charge on any atom is 0.328 e. The molecule has 0 aliphatic carbocycles. The monoisotopic (exact) mass is 269 g/mol. The zero-order chi connectivity index (χ0) is 12.3. The Balaban J connectivity index is 0.00000162. The number of carbonyl (C=O) groups excluding carboxylic acids is 1. The van der Waals surface area contributed by atoms with Crippen LogP contribution < -0.4 is 10.6 Å². The molecule has 0 saturated heterocycles. The van der Waals surface area contributed by atoms with Gasteiger partial charge in [0.1, 0.15) is 5.82 Å². The third-order valence-electron chi connectivity index (χ3n) is 2.26. The Morgan fingerprint density at radius 2 is 2.22 bits per heavy atom. The number of rotatable bonds is 2. The van der Waals surface area contributed by atoms with Crippen LogP contribution in [0.1, 0.15) is 11.1 Å². The molecule has 2 rings (SSSR count). The molecule has 18 heavy (non-hydrogen) atoms. The zero-order valence-corrected chi connectivity index (χ0v) is 10.2. The number of aliphatic carboxylic acids is 1. The number of hydrogen-bond donors (Lipinski definition) is 3. The summed E-state index contributed by atoms with van der Waals surface area (Å²) in [5.41, 5.74) is 1.52.